The normalized spacial score (nSPS) is 19.9. The zero-order valence-corrected chi connectivity index (χ0v) is 22.1. The number of hydrogen-bond acceptors (Lipinski definition) is 8. The van der Waals surface area contributed by atoms with Crippen molar-refractivity contribution in [3.63, 3.8) is 0 Å². The van der Waals surface area contributed by atoms with Crippen molar-refractivity contribution >= 4 is 35.1 Å². The summed E-state index contributed by atoms with van der Waals surface area (Å²) in [6.45, 7) is 6.10. The van der Waals surface area contributed by atoms with E-state index in [-0.39, 0.29) is 25.0 Å². The van der Waals surface area contributed by atoms with Crippen LogP contribution in [0.5, 0.6) is 0 Å². The van der Waals surface area contributed by atoms with Gasteiger partial charge in [-0.1, -0.05) is 25.1 Å². The van der Waals surface area contributed by atoms with E-state index in [1.165, 1.54) is 11.0 Å². The molecule has 0 bridgehead atoms. The minimum atomic E-state index is -0.612. The Morgan fingerprint density at radius 1 is 1.15 bits per heavy atom. The van der Waals surface area contributed by atoms with Gasteiger partial charge in [0.05, 0.1) is 30.6 Å². The molecule has 2 aliphatic heterocycles. The Labute approximate surface area is 227 Å². The molecule has 2 aromatic rings. The molecule has 0 spiro atoms. The molecule has 11 nitrogen and oxygen atoms in total. The van der Waals surface area contributed by atoms with Crippen LogP contribution in [0.25, 0.3) is 0 Å². The molecule has 4 rings (SSSR count). The largest absolute Gasteiger partial charge is 0.443 e. The summed E-state index contributed by atoms with van der Waals surface area (Å²) in [4.78, 5) is 39.7. The maximum atomic E-state index is 15.2. The van der Waals surface area contributed by atoms with Crippen LogP contribution in [0, 0.1) is 5.82 Å². The number of anilines is 3. The number of carbonyl (C=O) groups is 3. The molecule has 2 saturated heterocycles. The van der Waals surface area contributed by atoms with Crippen LogP contribution in [0.4, 0.5) is 31.0 Å². The molecule has 3 atom stereocenters. The molecular formula is C27H35FN6O5. The Morgan fingerprint density at radius 2 is 1.92 bits per heavy atom. The van der Waals surface area contributed by atoms with Crippen molar-refractivity contribution in [1.29, 1.82) is 0 Å². The highest BCUT2D eigenvalue weighted by atomic mass is 19.1. The number of para-hydroxylation sites is 1. The summed E-state index contributed by atoms with van der Waals surface area (Å²) in [6, 6.07) is 12.9. The third kappa shape index (κ3) is 8.12. The topological polar surface area (TPSA) is 128 Å². The van der Waals surface area contributed by atoms with Crippen molar-refractivity contribution in [2.45, 2.75) is 38.7 Å². The number of amides is 4. The molecule has 39 heavy (non-hydrogen) atoms. The molecule has 12 heteroatoms. The second-order valence-electron chi connectivity index (χ2n) is 9.45. The van der Waals surface area contributed by atoms with Gasteiger partial charge in [-0.2, -0.15) is 0 Å². The fraction of sp³-hybridized carbons (Fsp3) is 0.444. The van der Waals surface area contributed by atoms with Crippen LogP contribution in [-0.2, 0) is 14.3 Å². The molecular weight excluding hydrogens is 507 g/mol. The SMILES string of the molecule is CCCN(CCNCC(=O)NC(=O)Nc1ccccc1)c1ccc(N2CC(CNC3OC3C)OC2=O)cc1F. The summed E-state index contributed by atoms with van der Waals surface area (Å²) < 4.78 is 25.9. The van der Waals surface area contributed by atoms with Crippen molar-refractivity contribution < 1.29 is 28.2 Å². The summed E-state index contributed by atoms with van der Waals surface area (Å²) in [7, 11) is 0. The molecule has 4 N–H and O–H groups in total. The van der Waals surface area contributed by atoms with E-state index in [0.29, 0.717) is 49.8 Å². The lowest BCUT2D eigenvalue weighted by Crippen LogP contribution is -2.42. The molecule has 4 amide bonds. The van der Waals surface area contributed by atoms with E-state index in [0.717, 1.165) is 6.42 Å². The van der Waals surface area contributed by atoms with Gasteiger partial charge in [-0.25, -0.2) is 14.0 Å². The number of carbonyl (C=O) groups excluding carboxylic acids is 3. The number of benzene rings is 2. The molecule has 210 valence electrons. The number of cyclic esters (lactones) is 1. The van der Waals surface area contributed by atoms with Gasteiger partial charge in [0.25, 0.3) is 0 Å². The molecule has 3 unspecified atom stereocenters. The maximum Gasteiger partial charge on any atom is 0.414 e. The first-order chi connectivity index (χ1) is 18.8. The third-order valence-corrected chi connectivity index (χ3v) is 6.34. The average Bonchev–Trinajstić information content (AvgIpc) is 3.49. The fourth-order valence-corrected chi connectivity index (χ4v) is 4.30. The molecule has 2 aromatic carbocycles. The lowest BCUT2D eigenvalue weighted by molar-refractivity contribution is -0.119. The van der Waals surface area contributed by atoms with Gasteiger partial charge in [0.1, 0.15) is 18.1 Å². The second-order valence-corrected chi connectivity index (χ2v) is 9.45. The van der Waals surface area contributed by atoms with Gasteiger partial charge in [0.15, 0.2) is 0 Å². The van der Waals surface area contributed by atoms with Gasteiger partial charge in [0.2, 0.25) is 5.91 Å². The standard InChI is InChI=1S/C27H35FN6O5/c1-3-12-33(13-11-29-16-24(35)32-26(36)31-19-7-5-4-6-8-19)23-10-9-20(14-22(23)28)34-17-21(39-27(34)37)15-30-25-18(2)38-25/h4-10,14,18,21,25,29-30H,3,11-13,15-17H2,1-2H3,(H2,31,32,35,36). The molecule has 0 aromatic heterocycles. The van der Waals surface area contributed by atoms with E-state index in [1.807, 2.05) is 24.8 Å². The van der Waals surface area contributed by atoms with E-state index in [9.17, 15) is 14.4 Å². The number of hydrogen-bond donors (Lipinski definition) is 4. The van der Waals surface area contributed by atoms with E-state index in [4.69, 9.17) is 9.47 Å². The average molecular weight is 543 g/mol. The van der Waals surface area contributed by atoms with Crippen molar-refractivity contribution in [3.8, 4) is 0 Å². The van der Waals surface area contributed by atoms with Crippen LogP contribution in [0.2, 0.25) is 0 Å². The Hall–Kier alpha value is -3.74. The Morgan fingerprint density at radius 3 is 2.62 bits per heavy atom. The van der Waals surface area contributed by atoms with Gasteiger partial charge in [0, 0.05) is 31.9 Å². The fourth-order valence-electron chi connectivity index (χ4n) is 4.30. The van der Waals surface area contributed by atoms with Crippen molar-refractivity contribution in [2.24, 2.45) is 0 Å². The highest BCUT2D eigenvalue weighted by molar-refractivity contribution is 6.01. The van der Waals surface area contributed by atoms with Gasteiger partial charge < -0.3 is 25.0 Å². The van der Waals surface area contributed by atoms with E-state index in [2.05, 4.69) is 21.3 Å². The number of ether oxygens (including phenoxy) is 2. The summed E-state index contributed by atoms with van der Waals surface area (Å²) >= 11 is 0. The number of halogens is 1. The predicted molar refractivity (Wildman–Crippen MR) is 145 cm³/mol. The Kier molecular flexibility index (Phi) is 9.69. The van der Waals surface area contributed by atoms with E-state index >= 15 is 4.39 Å². The summed E-state index contributed by atoms with van der Waals surface area (Å²) in [5.74, 6) is -0.933. The first-order valence-electron chi connectivity index (χ1n) is 13.1. The third-order valence-electron chi connectivity index (χ3n) is 6.34. The zero-order chi connectivity index (χ0) is 27.8. The van der Waals surface area contributed by atoms with Crippen LogP contribution in [-0.4, -0.2) is 75.7 Å². The lowest BCUT2D eigenvalue weighted by atomic mass is 10.2. The maximum absolute atomic E-state index is 15.2. The number of nitrogens with one attached hydrogen (secondary N) is 4. The molecule has 0 radical (unpaired) electrons. The summed E-state index contributed by atoms with van der Waals surface area (Å²) in [6.07, 6.45) is 0.0781. The quantitative estimate of drug-likeness (QED) is 0.225. The predicted octanol–water partition coefficient (Wildman–Crippen LogP) is 2.64. The minimum Gasteiger partial charge on any atom is -0.443 e. The number of imide groups is 1. The van der Waals surface area contributed by atoms with E-state index < -0.39 is 23.8 Å². The van der Waals surface area contributed by atoms with Crippen molar-refractivity contribution in [1.82, 2.24) is 16.0 Å². The van der Waals surface area contributed by atoms with Crippen LogP contribution < -0.4 is 31.1 Å². The monoisotopic (exact) mass is 542 g/mol. The molecule has 2 fully saturated rings. The first kappa shape index (κ1) is 28.3. The lowest BCUT2D eigenvalue weighted by Gasteiger charge is -2.26. The van der Waals surface area contributed by atoms with Crippen LogP contribution in [0.1, 0.15) is 20.3 Å². The Bertz CT molecular complexity index is 1150. The van der Waals surface area contributed by atoms with Gasteiger partial charge in [-0.05, 0) is 43.7 Å². The zero-order valence-electron chi connectivity index (χ0n) is 22.1. The number of rotatable bonds is 13. The highest BCUT2D eigenvalue weighted by Crippen LogP contribution is 2.28. The Balaban J connectivity index is 1.24. The molecule has 0 aliphatic carbocycles. The van der Waals surface area contributed by atoms with Gasteiger partial charge >= 0.3 is 12.1 Å². The number of nitrogens with zero attached hydrogens (tertiary/aromatic N) is 2. The molecule has 2 aliphatic rings. The molecule has 2 heterocycles. The summed E-state index contributed by atoms with van der Waals surface area (Å²) in [5, 5.41) is 11.0. The number of epoxide rings is 1. The smallest absolute Gasteiger partial charge is 0.414 e. The van der Waals surface area contributed by atoms with E-state index in [1.54, 1.807) is 36.4 Å². The highest BCUT2D eigenvalue weighted by Gasteiger charge is 2.37. The molecule has 0 saturated carbocycles. The van der Waals surface area contributed by atoms with Gasteiger partial charge in [-0.15, -0.1) is 0 Å². The summed E-state index contributed by atoms with van der Waals surface area (Å²) in [5.41, 5.74) is 1.41. The van der Waals surface area contributed by atoms with Crippen LogP contribution >= 0.6 is 0 Å². The van der Waals surface area contributed by atoms with Crippen molar-refractivity contribution in [3.05, 3.63) is 54.3 Å². The second kappa shape index (κ2) is 13.4. The van der Waals surface area contributed by atoms with Crippen molar-refractivity contribution in [2.75, 3.05) is 54.4 Å². The van der Waals surface area contributed by atoms with Crippen LogP contribution in [0.3, 0.4) is 0 Å². The first-order valence-corrected chi connectivity index (χ1v) is 13.1. The van der Waals surface area contributed by atoms with Crippen LogP contribution in [0.15, 0.2) is 48.5 Å². The number of urea groups is 1. The minimum absolute atomic E-state index is 0.0120. The van der Waals surface area contributed by atoms with Gasteiger partial charge in [-0.3, -0.25) is 20.3 Å².